The Hall–Kier alpha value is -1.66. The summed E-state index contributed by atoms with van der Waals surface area (Å²) in [5, 5.41) is 15.2. The molecule has 4 N–H and O–H groups in total. The third-order valence-electron chi connectivity index (χ3n) is 2.89. The Morgan fingerprint density at radius 2 is 2.32 bits per heavy atom. The quantitative estimate of drug-likeness (QED) is 0.291. The zero-order valence-electron chi connectivity index (χ0n) is 11.8. The summed E-state index contributed by atoms with van der Waals surface area (Å²) < 4.78 is 0. The third kappa shape index (κ3) is 5.23. The van der Waals surface area contributed by atoms with E-state index in [0.29, 0.717) is 18.3 Å². The van der Waals surface area contributed by atoms with Crippen LogP contribution in [0, 0.1) is 0 Å². The number of nitrogens with two attached hydrogens (primary N) is 1. The van der Waals surface area contributed by atoms with Gasteiger partial charge in [0, 0.05) is 18.8 Å². The fourth-order valence-electron chi connectivity index (χ4n) is 1.70. The molecule has 6 nitrogen and oxygen atoms in total. The average molecular weight is 265 g/mol. The van der Waals surface area contributed by atoms with E-state index in [2.05, 4.69) is 41.4 Å². The van der Waals surface area contributed by atoms with Crippen LogP contribution in [0.1, 0.15) is 24.6 Å². The largest absolute Gasteiger partial charge is 0.409 e. The van der Waals surface area contributed by atoms with E-state index < -0.39 is 0 Å². The summed E-state index contributed by atoms with van der Waals surface area (Å²) in [7, 11) is 4.12. The van der Waals surface area contributed by atoms with Crippen molar-refractivity contribution < 1.29 is 5.21 Å². The van der Waals surface area contributed by atoms with Crippen molar-refractivity contribution in [1.82, 2.24) is 15.2 Å². The SMILES string of the molecule is CC(CCN(C)C)NCc1cccnc1C(N)=NO. The van der Waals surface area contributed by atoms with Gasteiger partial charge in [-0.2, -0.15) is 0 Å². The van der Waals surface area contributed by atoms with Gasteiger partial charge in [0.25, 0.3) is 0 Å². The monoisotopic (exact) mass is 265 g/mol. The molecule has 1 aromatic heterocycles. The highest BCUT2D eigenvalue weighted by atomic mass is 16.4. The van der Waals surface area contributed by atoms with Crippen molar-refractivity contribution in [2.75, 3.05) is 20.6 Å². The molecule has 0 radical (unpaired) electrons. The van der Waals surface area contributed by atoms with Crippen LogP contribution in [0.3, 0.4) is 0 Å². The highest BCUT2D eigenvalue weighted by Crippen LogP contribution is 2.06. The molecule has 0 fully saturated rings. The molecule has 19 heavy (non-hydrogen) atoms. The Balaban J connectivity index is 2.58. The lowest BCUT2D eigenvalue weighted by atomic mass is 10.1. The lowest BCUT2D eigenvalue weighted by Crippen LogP contribution is -2.30. The lowest BCUT2D eigenvalue weighted by Gasteiger charge is -2.17. The van der Waals surface area contributed by atoms with Crippen LogP contribution in [0.15, 0.2) is 23.5 Å². The Bertz CT molecular complexity index is 419. The number of amidine groups is 1. The van der Waals surface area contributed by atoms with Gasteiger partial charge in [0.05, 0.1) is 0 Å². The first-order valence-electron chi connectivity index (χ1n) is 6.34. The number of nitrogens with one attached hydrogen (secondary N) is 1. The summed E-state index contributed by atoms with van der Waals surface area (Å²) in [6, 6.07) is 4.16. The molecule has 6 heteroatoms. The van der Waals surface area contributed by atoms with Gasteiger partial charge < -0.3 is 21.2 Å². The van der Waals surface area contributed by atoms with Crippen LogP contribution in [-0.4, -0.2) is 47.6 Å². The summed E-state index contributed by atoms with van der Waals surface area (Å²) in [6.45, 7) is 3.82. The van der Waals surface area contributed by atoms with E-state index in [9.17, 15) is 0 Å². The van der Waals surface area contributed by atoms with Gasteiger partial charge in [0.2, 0.25) is 0 Å². The van der Waals surface area contributed by atoms with Gasteiger partial charge in [0.1, 0.15) is 5.69 Å². The molecule has 0 aliphatic heterocycles. The second-order valence-corrected chi connectivity index (χ2v) is 4.87. The van der Waals surface area contributed by atoms with Crippen LogP contribution in [0.4, 0.5) is 0 Å². The molecule has 0 saturated carbocycles. The molecule has 0 amide bonds. The van der Waals surface area contributed by atoms with Crippen LogP contribution in [0.2, 0.25) is 0 Å². The Morgan fingerprint density at radius 3 is 2.95 bits per heavy atom. The second kappa shape index (κ2) is 7.70. The molecule has 0 bridgehead atoms. The second-order valence-electron chi connectivity index (χ2n) is 4.87. The third-order valence-corrected chi connectivity index (χ3v) is 2.89. The van der Waals surface area contributed by atoms with Gasteiger partial charge in [0.15, 0.2) is 5.84 Å². The van der Waals surface area contributed by atoms with Crippen molar-refractivity contribution in [1.29, 1.82) is 0 Å². The Labute approximate surface area is 114 Å². The van der Waals surface area contributed by atoms with Crippen molar-refractivity contribution in [3.05, 3.63) is 29.6 Å². The van der Waals surface area contributed by atoms with Crippen molar-refractivity contribution in [2.45, 2.75) is 25.9 Å². The van der Waals surface area contributed by atoms with Gasteiger partial charge in [-0.15, -0.1) is 0 Å². The van der Waals surface area contributed by atoms with Crippen LogP contribution in [0.5, 0.6) is 0 Å². The molecule has 1 atom stereocenters. The molecule has 0 aromatic carbocycles. The maximum atomic E-state index is 8.73. The average Bonchev–Trinajstić information content (AvgIpc) is 2.42. The first-order valence-corrected chi connectivity index (χ1v) is 6.34. The Morgan fingerprint density at radius 1 is 1.58 bits per heavy atom. The zero-order valence-corrected chi connectivity index (χ0v) is 11.8. The summed E-state index contributed by atoms with van der Waals surface area (Å²) in [5.41, 5.74) is 7.05. The highest BCUT2D eigenvalue weighted by molar-refractivity contribution is 5.96. The van der Waals surface area contributed by atoms with Crippen LogP contribution in [0.25, 0.3) is 0 Å². The molecule has 106 valence electrons. The number of pyridine rings is 1. The van der Waals surface area contributed by atoms with Gasteiger partial charge in [-0.1, -0.05) is 11.2 Å². The highest BCUT2D eigenvalue weighted by Gasteiger charge is 2.09. The van der Waals surface area contributed by atoms with Crippen LogP contribution < -0.4 is 11.1 Å². The molecule has 1 unspecified atom stereocenters. The van der Waals surface area contributed by atoms with Gasteiger partial charge in [-0.25, -0.2) is 0 Å². The summed E-state index contributed by atoms with van der Waals surface area (Å²) in [5.74, 6) is 0.0401. The predicted molar refractivity (Wildman–Crippen MR) is 76.2 cm³/mol. The fourth-order valence-corrected chi connectivity index (χ4v) is 1.70. The van der Waals surface area contributed by atoms with Crippen molar-refractivity contribution in [3.8, 4) is 0 Å². The van der Waals surface area contributed by atoms with E-state index in [1.165, 1.54) is 0 Å². The van der Waals surface area contributed by atoms with Gasteiger partial charge in [-0.05, 0) is 45.6 Å². The van der Waals surface area contributed by atoms with E-state index in [1.54, 1.807) is 6.20 Å². The normalized spacial score (nSPS) is 13.8. The summed E-state index contributed by atoms with van der Waals surface area (Å²) >= 11 is 0. The molecule has 0 saturated heterocycles. The van der Waals surface area contributed by atoms with Gasteiger partial charge >= 0.3 is 0 Å². The number of hydrogen-bond donors (Lipinski definition) is 3. The zero-order chi connectivity index (χ0) is 14.3. The molecule has 0 aliphatic carbocycles. The van der Waals surface area contributed by atoms with Crippen molar-refractivity contribution in [3.63, 3.8) is 0 Å². The fraction of sp³-hybridized carbons (Fsp3) is 0.538. The topological polar surface area (TPSA) is 86.8 Å². The smallest absolute Gasteiger partial charge is 0.189 e. The summed E-state index contributed by atoms with van der Waals surface area (Å²) in [4.78, 5) is 6.29. The number of rotatable bonds is 7. The number of hydrogen-bond acceptors (Lipinski definition) is 5. The van der Waals surface area contributed by atoms with E-state index >= 15 is 0 Å². The molecular weight excluding hydrogens is 242 g/mol. The van der Waals surface area contributed by atoms with E-state index in [4.69, 9.17) is 10.9 Å². The number of oxime groups is 1. The van der Waals surface area contributed by atoms with E-state index in [-0.39, 0.29) is 5.84 Å². The number of aromatic nitrogens is 1. The van der Waals surface area contributed by atoms with Crippen molar-refractivity contribution in [2.24, 2.45) is 10.9 Å². The summed E-state index contributed by atoms with van der Waals surface area (Å²) in [6.07, 6.45) is 2.69. The molecule has 0 spiro atoms. The maximum absolute atomic E-state index is 8.73. The standard InChI is InChI=1S/C13H23N5O/c1-10(6-8-18(2)3)16-9-11-5-4-7-15-12(11)13(14)17-19/h4-5,7,10,16,19H,6,8-9H2,1-3H3,(H2,14,17). The van der Waals surface area contributed by atoms with Crippen LogP contribution in [-0.2, 0) is 6.54 Å². The minimum atomic E-state index is 0.0401. The first-order chi connectivity index (χ1) is 9.04. The van der Waals surface area contributed by atoms with Gasteiger partial charge in [-0.3, -0.25) is 4.98 Å². The molecule has 1 heterocycles. The van der Waals surface area contributed by atoms with E-state index in [0.717, 1.165) is 18.5 Å². The number of nitrogens with zero attached hydrogens (tertiary/aromatic N) is 3. The minimum Gasteiger partial charge on any atom is -0.409 e. The molecule has 1 rings (SSSR count). The molecular formula is C13H23N5O. The predicted octanol–water partition coefficient (Wildman–Crippen LogP) is 0.606. The first kappa shape index (κ1) is 15.4. The molecule has 1 aromatic rings. The van der Waals surface area contributed by atoms with Crippen LogP contribution >= 0.6 is 0 Å². The lowest BCUT2D eigenvalue weighted by molar-refractivity contribution is 0.318. The van der Waals surface area contributed by atoms with Crippen molar-refractivity contribution >= 4 is 5.84 Å². The Kier molecular flexibility index (Phi) is 6.24. The minimum absolute atomic E-state index is 0.0401. The maximum Gasteiger partial charge on any atom is 0.189 e. The molecule has 0 aliphatic rings. The van der Waals surface area contributed by atoms with E-state index in [1.807, 2.05) is 12.1 Å².